The monoisotopic (exact) mass is 410 g/mol. The summed E-state index contributed by atoms with van der Waals surface area (Å²) in [5.41, 5.74) is 3.08. The number of hydrogen-bond acceptors (Lipinski definition) is 3. The highest BCUT2D eigenvalue weighted by Crippen LogP contribution is 2.43. The van der Waals surface area contributed by atoms with Crippen molar-refractivity contribution >= 4 is 11.8 Å². The summed E-state index contributed by atoms with van der Waals surface area (Å²) in [6.45, 7) is 0.221. The second kappa shape index (κ2) is 8.76. The molecule has 0 fully saturated rings. The van der Waals surface area contributed by atoms with Crippen LogP contribution in [0.3, 0.4) is 0 Å². The molecule has 5 heteroatoms. The van der Waals surface area contributed by atoms with Crippen LogP contribution in [0, 0.1) is 11.8 Å². The summed E-state index contributed by atoms with van der Waals surface area (Å²) in [5.74, 6) is 6.78. The van der Waals surface area contributed by atoms with Crippen molar-refractivity contribution in [1.29, 1.82) is 0 Å². The number of ether oxygens (including phenoxy) is 1. The van der Waals surface area contributed by atoms with E-state index in [2.05, 4.69) is 17.2 Å². The third-order valence-electron chi connectivity index (χ3n) is 5.06. The number of carbonyl (C=O) groups is 2. The minimum atomic E-state index is -0.445. The molecular weight excluding hydrogens is 388 g/mol. The molecule has 1 aliphatic heterocycles. The molecule has 1 aliphatic rings. The number of benzene rings is 3. The molecule has 0 saturated carbocycles. The van der Waals surface area contributed by atoms with Crippen molar-refractivity contribution in [3.8, 4) is 23.3 Å². The molecule has 4 rings (SSSR count). The van der Waals surface area contributed by atoms with Crippen LogP contribution in [0.5, 0.6) is 11.5 Å². The lowest BCUT2D eigenvalue weighted by atomic mass is 9.87. The summed E-state index contributed by atoms with van der Waals surface area (Å²) in [4.78, 5) is 26.5. The van der Waals surface area contributed by atoms with E-state index in [1.54, 1.807) is 38.4 Å². The van der Waals surface area contributed by atoms with Gasteiger partial charge in [-0.1, -0.05) is 48.2 Å². The van der Waals surface area contributed by atoms with Crippen LogP contribution in [0.2, 0.25) is 0 Å². The quantitative estimate of drug-likeness (QED) is 0.669. The largest absolute Gasteiger partial charge is 0.457 e. The molecule has 0 saturated heterocycles. The predicted octanol–water partition coefficient (Wildman–Crippen LogP) is 3.79. The van der Waals surface area contributed by atoms with Crippen LogP contribution in [0.25, 0.3) is 0 Å². The minimum absolute atomic E-state index is 0.0520. The van der Waals surface area contributed by atoms with Crippen LogP contribution in [0.4, 0.5) is 0 Å². The number of fused-ring (bicyclic) bond motifs is 2. The Morgan fingerprint density at radius 1 is 0.903 bits per heavy atom. The first-order valence-electron chi connectivity index (χ1n) is 9.98. The van der Waals surface area contributed by atoms with E-state index in [1.807, 2.05) is 48.5 Å². The summed E-state index contributed by atoms with van der Waals surface area (Å²) >= 11 is 0. The molecule has 1 heterocycles. The smallest absolute Gasteiger partial charge is 0.253 e. The van der Waals surface area contributed by atoms with Crippen molar-refractivity contribution in [3.05, 3.63) is 95.1 Å². The number of nitrogens with zero attached hydrogens (tertiary/aromatic N) is 1. The Labute approximate surface area is 181 Å². The number of para-hydroxylation sites is 2. The van der Waals surface area contributed by atoms with Gasteiger partial charge in [-0.2, -0.15) is 0 Å². The highest BCUT2D eigenvalue weighted by molar-refractivity contribution is 5.94. The Bertz CT molecular complexity index is 1140. The average Bonchev–Trinajstić information content (AvgIpc) is 2.80. The van der Waals surface area contributed by atoms with E-state index < -0.39 is 5.92 Å². The van der Waals surface area contributed by atoms with Crippen molar-refractivity contribution in [2.24, 2.45) is 0 Å². The summed E-state index contributed by atoms with van der Waals surface area (Å²) in [7, 11) is 3.43. The lowest BCUT2D eigenvalue weighted by Gasteiger charge is -2.27. The zero-order chi connectivity index (χ0) is 21.8. The zero-order valence-corrected chi connectivity index (χ0v) is 17.4. The van der Waals surface area contributed by atoms with Crippen LogP contribution < -0.4 is 10.1 Å². The zero-order valence-electron chi connectivity index (χ0n) is 17.4. The molecule has 5 nitrogen and oxygen atoms in total. The third-order valence-corrected chi connectivity index (χ3v) is 5.06. The molecule has 0 radical (unpaired) electrons. The standard InChI is InChI=1S/C26H22N2O3/c1-28(2)26(30)19-15-13-18(14-16-19)8-7-17-27-25(29)24-20-9-3-5-11-22(20)31-23-12-6-4-10-21(23)24/h3-6,9-16,24H,17H2,1-2H3,(H,27,29). The van der Waals surface area contributed by atoms with Crippen LogP contribution in [-0.2, 0) is 4.79 Å². The van der Waals surface area contributed by atoms with Crippen molar-refractivity contribution in [2.75, 3.05) is 20.6 Å². The lowest BCUT2D eigenvalue weighted by molar-refractivity contribution is -0.121. The highest BCUT2D eigenvalue weighted by atomic mass is 16.5. The molecule has 3 aromatic rings. The molecule has 154 valence electrons. The van der Waals surface area contributed by atoms with Gasteiger partial charge in [0.2, 0.25) is 5.91 Å². The van der Waals surface area contributed by atoms with Crippen LogP contribution in [0.15, 0.2) is 72.8 Å². The first-order valence-corrected chi connectivity index (χ1v) is 9.98. The summed E-state index contributed by atoms with van der Waals surface area (Å²) in [6.07, 6.45) is 0. The molecule has 0 bridgehead atoms. The predicted molar refractivity (Wildman–Crippen MR) is 119 cm³/mol. The van der Waals surface area contributed by atoms with Crippen molar-refractivity contribution in [3.63, 3.8) is 0 Å². The number of hydrogen-bond donors (Lipinski definition) is 1. The van der Waals surface area contributed by atoms with Gasteiger partial charge < -0.3 is 15.0 Å². The van der Waals surface area contributed by atoms with E-state index in [0.29, 0.717) is 17.1 Å². The Morgan fingerprint density at radius 2 is 1.48 bits per heavy atom. The summed E-state index contributed by atoms with van der Waals surface area (Å²) in [6, 6.07) is 22.3. The van der Waals surface area contributed by atoms with E-state index >= 15 is 0 Å². The first-order chi connectivity index (χ1) is 15.0. The highest BCUT2D eigenvalue weighted by Gasteiger charge is 2.31. The van der Waals surface area contributed by atoms with E-state index in [9.17, 15) is 9.59 Å². The van der Waals surface area contributed by atoms with Gasteiger partial charge in [0.05, 0.1) is 12.5 Å². The van der Waals surface area contributed by atoms with Gasteiger partial charge in [0.15, 0.2) is 0 Å². The number of amides is 2. The molecule has 0 atom stereocenters. The van der Waals surface area contributed by atoms with E-state index in [1.165, 1.54) is 4.90 Å². The average molecular weight is 410 g/mol. The molecule has 2 amide bonds. The maximum absolute atomic E-state index is 13.0. The summed E-state index contributed by atoms with van der Waals surface area (Å²) < 4.78 is 5.95. The van der Waals surface area contributed by atoms with Gasteiger partial charge in [-0.25, -0.2) is 0 Å². The van der Waals surface area contributed by atoms with E-state index in [-0.39, 0.29) is 18.4 Å². The molecular formula is C26H22N2O3. The maximum atomic E-state index is 13.0. The molecule has 0 unspecified atom stereocenters. The maximum Gasteiger partial charge on any atom is 0.253 e. The number of rotatable bonds is 3. The Morgan fingerprint density at radius 3 is 2.06 bits per heavy atom. The third kappa shape index (κ3) is 4.29. The van der Waals surface area contributed by atoms with Crippen LogP contribution >= 0.6 is 0 Å². The fourth-order valence-corrected chi connectivity index (χ4v) is 3.53. The van der Waals surface area contributed by atoms with Gasteiger partial charge in [0.25, 0.3) is 5.91 Å². The van der Waals surface area contributed by atoms with E-state index in [4.69, 9.17) is 4.74 Å². The molecule has 0 spiro atoms. The second-order valence-corrected chi connectivity index (χ2v) is 7.41. The van der Waals surface area contributed by atoms with Crippen molar-refractivity contribution in [1.82, 2.24) is 10.2 Å². The van der Waals surface area contributed by atoms with Crippen LogP contribution in [0.1, 0.15) is 33.0 Å². The fraction of sp³-hybridized carbons (Fsp3) is 0.154. The Hall–Kier alpha value is -4.04. The molecule has 31 heavy (non-hydrogen) atoms. The lowest BCUT2D eigenvalue weighted by Crippen LogP contribution is -2.31. The fourth-order valence-electron chi connectivity index (χ4n) is 3.53. The number of carbonyl (C=O) groups excluding carboxylic acids is 2. The van der Waals surface area contributed by atoms with Gasteiger partial charge in [0.1, 0.15) is 11.5 Å². The normalized spacial score (nSPS) is 11.8. The Kier molecular flexibility index (Phi) is 5.72. The van der Waals surface area contributed by atoms with E-state index in [0.717, 1.165) is 16.7 Å². The van der Waals surface area contributed by atoms with Crippen molar-refractivity contribution < 1.29 is 14.3 Å². The second-order valence-electron chi connectivity index (χ2n) is 7.41. The van der Waals surface area contributed by atoms with Crippen molar-refractivity contribution in [2.45, 2.75) is 5.92 Å². The van der Waals surface area contributed by atoms with Gasteiger partial charge in [-0.15, -0.1) is 0 Å². The minimum Gasteiger partial charge on any atom is -0.457 e. The molecule has 0 aromatic heterocycles. The number of nitrogens with one attached hydrogen (secondary N) is 1. The molecule has 3 aromatic carbocycles. The van der Waals surface area contributed by atoms with Gasteiger partial charge >= 0.3 is 0 Å². The van der Waals surface area contributed by atoms with Gasteiger partial charge in [-0.3, -0.25) is 9.59 Å². The first kappa shape index (κ1) is 20.2. The Balaban J connectivity index is 1.46. The topological polar surface area (TPSA) is 58.6 Å². The van der Waals surface area contributed by atoms with Crippen LogP contribution in [-0.4, -0.2) is 37.4 Å². The molecule has 0 aliphatic carbocycles. The SMILES string of the molecule is CN(C)C(=O)c1ccc(C#CCNC(=O)C2c3ccccc3Oc3ccccc32)cc1. The van der Waals surface area contributed by atoms with Gasteiger partial charge in [0, 0.05) is 36.3 Å². The van der Waals surface area contributed by atoms with Gasteiger partial charge in [-0.05, 0) is 36.4 Å². The molecule has 1 N–H and O–H groups in total. The summed E-state index contributed by atoms with van der Waals surface area (Å²) in [5, 5.41) is 2.92.